The van der Waals surface area contributed by atoms with E-state index in [1.165, 1.54) is 225 Å². The molecule has 0 amide bonds. The zero-order chi connectivity index (χ0) is 64.7. The average Bonchev–Trinajstić information content (AvgIpc) is 3.64. The van der Waals surface area contributed by atoms with Crippen molar-refractivity contribution < 1.29 is 42.9 Å². The second-order valence-electron chi connectivity index (χ2n) is 26.2. The number of carboxylic acids is 1. The number of quaternary nitrogens is 1. The summed E-state index contributed by atoms with van der Waals surface area (Å²) in [5, 5.41) is 9.76. The summed E-state index contributed by atoms with van der Waals surface area (Å²) in [6, 6.07) is 0. The minimum atomic E-state index is -1.51. The van der Waals surface area contributed by atoms with Crippen LogP contribution in [0.4, 0.5) is 0 Å². The van der Waals surface area contributed by atoms with Gasteiger partial charge in [0.25, 0.3) is 6.29 Å². The van der Waals surface area contributed by atoms with Gasteiger partial charge in [0.05, 0.1) is 34.4 Å². The summed E-state index contributed by atoms with van der Waals surface area (Å²) in [5.74, 6) is -1.99. The number of nitrogens with zero attached hydrogens (tertiary/aromatic N) is 1. The molecule has 0 aliphatic rings. The van der Waals surface area contributed by atoms with Crippen LogP contribution in [0.1, 0.15) is 335 Å². The molecular formula is C80H142NO8+. The summed E-state index contributed by atoms with van der Waals surface area (Å²) in [6.45, 7) is 4.78. The van der Waals surface area contributed by atoms with Gasteiger partial charge in [-0.15, -0.1) is 0 Å². The molecule has 2 unspecified atom stereocenters. The first-order valence-electron chi connectivity index (χ1n) is 37.4. The zero-order valence-corrected chi connectivity index (χ0v) is 58.8. The number of unbranched alkanes of at least 4 members (excludes halogenated alkanes) is 38. The van der Waals surface area contributed by atoms with Gasteiger partial charge in [0, 0.05) is 12.8 Å². The molecule has 0 aromatic heterocycles. The lowest BCUT2D eigenvalue weighted by molar-refractivity contribution is -0.870. The Labute approximate surface area is 550 Å². The maximum absolute atomic E-state index is 13.0. The highest BCUT2D eigenvalue weighted by atomic mass is 16.7. The lowest BCUT2D eigenvalue weighted by Crippen LogP contribution is -2.40. The second-order valence-corrected chi connectivity index (χ2v) is 26.2. The Hall–Kier alpha value is -3.79. The van der Waals surface area contributed by atoms with Crippen LogP contribution < -0.4 is 0 Å². The minimum absolute atomic E-state index is 0.184. The number of likely N-dealkylation sites (N-methyl/N-ethyl adjacent to an activating group) is 1. The summed E-state index contributed by atoms with van der Waals surface area (Å²) in [5.41, 5.74) is 0. The van der Waals surface area contributed by atoms with Crippen LogP contribution in [-0.2, 0) is 33.3 Å². The number of hydrogen-bond acceptors (Lipinski definition) is 7. The first-order valence-corrected chi connectivity index (χ1v) is 37.4. The topological polar surface area (TPSA) is 108 Å². The molecule has 0 bridgehead atoms. The van der Waals surface area contributed by atoms with E-state index in [2.05, 4.69) is 111 Å². The Morgan fingerprint density at radius 2 is 0.640 bits per heavy atom. The van der Waals surface area contributed by atoms with E-state index in [9.17, 15) is 19.5 Å². The van der Waals surface area contributed by atoms with Crippen LogP contribution >= 0.6 is 0 Å². The van der Waals surface area contributed by atoms with Gasteiger partial charge in [-0.2, -0.15) is 0 Å². The largest absolute Gasteiger partial charge is 0.477 e. The van der Waals surface area contributed by atoms with E-state index in [4.69, 9.17) is 18.9 Å². The molecule has 9 nitrogen and oxygen atoms in total. The van der Waals surface area contributed by atoms with Crippen molar-refractivity contribution in [2.24, 2.45) is 0 Å². The first kappa shape index (κ1) is 85.2. The summed E-state index contributed by atoms with van der Waals surface area (Å²) in [4.78, 5) is 37.7. The zero-order valence-electron chi connectivity index (χ0n) is 58.8. The predicted octanol–water partition coefficient (Wildman–Crippen LogP) is 23.6. The van der Waals surface area contributed by atoms with Crippen molar-refractivity contribution >= 4 is 17.9 Å². The first-order chi connectivity index (χ1) is 43.6. The SMILES string of the molecule is CC/C=C\C/C=C\C/C=C\C/C=C\C/C=C\CCCCCCCCCCCCCCCCCCCCCCCCCC(=O)OC(COC(=O)CCCCCCCCCCCC/C=C\C/C=C\C/C=C\CCCCCCC)COC(OCC[N+](C)(C)C)C(=O)O. The van der Waals surface area contributed by atoms with Crippen LogP contribution in [0.15, 0.2) is 97.2 Å². The fourth-order valence-electron chi connectivity index (χ4n) is 10.6. The third-order valence-corrected chi connectivity index (χ3v) is 16.3. The maximum Gasteiger partial charge on any atom is 0.361 e. The van der Waals surface area contributed by atoms with E-state index in [1.54, 1.807) is 0 Å². The standard InChI is InChI=1S/C80H141NO8/c1-6-8-10-12-14-16-18-20-22-24-26-28-30-32-33-34-35-36-37-38-39-40-41-42-43-44-45-47-49-51-53-55-57-59-61-63-65-67-69-71-78(83)89-76(75-88-80(79(84)85)86-73-72-81(3,4)5)74-87-77(82)70-68-66-64-62-60-58-56-54-52-50-48-46-31-29-27-25-23-21-19-17-15-13-11-9-7-2/h8,10,14,16,19-22,25-28,31-33,46,76,80H,6-7,9,11-13,15,17-18,23-24,29-30,34-45,47-75H2,1-5H3/p+1/b10-8-,16-14-,21-19-,22-20-,27-25-,28-26-,33-32-,46-31-. The van der Waals surface area contributed by atoms with E-state index in [0.29, 0.717) is 17.4 Å². The van der Waals surface area contributed by atoms with Crippen molar-refractivity contribution in [1.82, 2.24) is 0 Å². The molecule has 0 spiro atoms. The molecule has 0 heterocycles. The van der Waals surface area contributed by atoms with Crippen LogP contribution in [0.5, 0.6) is 0 Å². The second kappa shape index (κ2) is 70.1. The van der Waals surface area contributed by atoms with Crippen molar-refractivity contribution in [2.45, 2.75) is 347 Å². The van der Waals surface area contributed by atoms with E-state index in [0.717, 1.165) is 83.5 Å². The normalized spacial score (nSPS) is 13.2. The summed E-state index contributed by atoms with van der Waals surface area (Å²) < 4.78 is 23.0. The van der Waals surface area contributed by atoms with Crippen molar-refractivity contribution in [3.8, 4) is 0 Å². The number of carboxylic acid groups (broad SMARTS) is 1. The van der Waals surface area contributed by atoms with Gasteiger partial charge in [0.1, 0.15) is 13.2 Å². The minimum Gasteiger partial charge on any atom is -0.477 e. The average molecular weight is 1250 g/mol. The monoisotopic (exact) mass is 1250 g/mol. The molecule has 0 saturated carbocycles. The Morgan fingerprint density at radius 1 is 0.348 bits per heavy atom. The molecule has 89 heavy (non-hydrogen) atoms. The van der Waals surface area contributed by atoms with Crippen LogP contribution in [-0.4, -0.2) is 87.4 Å². The van der Waals surface area contributed by atoms with Gasteiger partial charge < -0.3 is 28.5 Å². The fourth-order valence-corrected chi connectivity index (χ4v) is 10.6. The number of esters is 2. The fraction of sp³-hybridized carbons (Fsp3) is 0.762. The number of ether oxygens (including phenoxy) is 4. The highest BCUT2D eigenvalue weighted by Gasteiger charge is 2.25. The van der Waals surface area contributed by atoms with E-state index in [1.807, 2.05) is 21.1 Å². The van der Waals surface area contributed by atoms with Crippen LogP contribution in [0.25, 0.3) is 0 Å². The smallest absolute Gasteiger partial charge is 0.361 e. The van der Waals surface area contributed by atoms with Crippen molar-refractivity contribution in [3.05, 3.63) is 97.2 Å². The van der Waals surface area contributed by atoms with Crippen molar-refractivity contribution in [3.63, 3.8) is 0 Å². The Balaban J connectivity index is 4.02. The predicted molar refractivity (Wildman–Crippen MR) is 382 cm³/mol. The van der Waals surface area contributed by atoms with Gasteiger partial charge in [-0.25, -0.2) is 4.79 Å². The molecule has 0 radical (unpaired) electrons. The number of rotatable bonds is 69. The molecular weight excluding hydrogens is 1100 g/mol. The number of hydrogen-bond donors (Lipinski definition) is 1. The van der Waals surface area contributed by atoms with Crippen molar-refractivity contribution in [1.29, 1.82) is 0 Å². The van der Waals surface area contributed by atoms with Gasteiger partial charge in [-0.3, -0.25) is 9.59 Å². The van der Waals surface area contributed by atoms with Crippen LogP contribution in [0.2, 0.25) is 0 Å². The summed E-state index contributed by atoms with van der Waals surface area (Å²) >= 11 is 0. The Bertz CT molecular complexity index is 1790. The third-order valence-electron chi connectivity index (χ3n) is 16.3. The molecule has 0 fully saturated rings. The number of carbonyl (C=O) groups is 3. The molecule has 0 rings (SSSR count). The molecule has 1 N–H and O–H groups in total. The van der Waals surface area contributed by atoms with Crippen LogP contribution in [0.3, 0.4) is 0 Å². The number of allylic oxidation sites excluding steroid dienone is 16. The summed E-state index contributed by atoms with van der Waals surface area (Å²) in [7, 11) is 5.98. The lowest BCUT2D eigenvalue weighted by Gasteiger charge is -2.25. The highest BCUT2D eigenvalue weighted by Crippen LogP contribution is 2.18. The highest BCUT2D eigenvalue weighted by molar-refractivity contribution is 5.71. The van der Waals surface area contributed by atoms with Crippen LogP contribution in [0, 0.1) is 0 Å². The maximum atomic E-state index is 13.0. The molecule has 0 aromatic rings. The Kier molecular flexibility index (Phi) is 67.1. The van der Waals surface area contributed by atoms with Gasteiger partial charge in [-0.05, 0) is 96.3 Å². The quantitative estimate of drug-likeness (QED) is 0.0211. The van der Waals surface area contributed by atoms with Gasteiger partial charge in [-0.1, -0.05) is 323 Å². The van der Waals surface area contributed by atoms with E-state index in [-0.39, 0.29) is 32.2 Å². The number of carbonyl (C=O) groups excluding carboxylic acids is 2. The van der Waals surface area contributed by atoms with E-state index < -0.39 is 24.3 Å². The molecule has 0 aromatic carbocycles. The van der Waals surface area contributed by atoms with Crippen molar-refractivity contribution in [2.75, 3.05) is 47.5 Å². The van der Waals surface area contributed by atoms with E-state index >= 15 is 0 Å². The molecule has 0 saturated heterocycles. The Morgan fingerprint density at radius 3 is 0.955 bits per heavy atom. The summed E-state index contributed by atoms with van der Waals surface area (Å²) in [6.07, 6.45) is 94.0. The molecule has 0 aliphatic heterocycles. The van der Waals surface area contributed by atoms with Gasteiger partial charge >= 0.3 is 17.9 Å². The number of aliphatic carboxylic acids is 1. The molecule has 2 atom stereocenters. The van der Waals surface area contributed by atoms with Gasteiger partial charge in [0.2, 0.25) is 0 Å². The third kappa shape index (κ3) is 71.5. The molecule has 0 aliphatic carbocycles. The molecule has 514 valence electrons. The lowest BCUT2D eigenvalue weighted by atomic mass is 10.0. The van der Waals surface area contributed by atoms with Gasteiger partial charge in [0.15, 0.2) is 6.10 Å². The molecule has 9 heteroatoms.